The molecule has 3 heterocycles. The van der Waals surface area contributed by atoms with E-state index in [0.29, 0.717) is 18.9 Å². The van der Waals surface area contributed by atoms with Gasteiger partial charge in [-0.1, -0.05) is 18.2 Å². The highest BCUT2D eigenvalue weighted by molar-refractivity contribution is 5.85. The number of aromatic amines is 2. The summed E-state index contributed by atoms with van der Waals surface area (Å²) in [5.41, 5.74) is 2.63. The summed E-state index contributed by atoms with van der Waals surface area (Å²) in [5, 5.41) is 26.3. The second kappa shape index (κ2) is 7.98. The van der Waals surface area contributed by atoms with Crippen molar-refractivity contribution in [1.82, 2.24) is 36.1 Å². The summed E-state index contributed by atoms with van der Waals surface area (Å²) < 4.78 is 12.3. The smallest absolute Gasteiger partial charge is 0.204 e. The van der Waals surface area contributed by atoms with E-state index in [2.05, 4.69) is 36.1 Å². The molecular formula is C20H21N7O2. The molecule has 2 aromatic carbocycles. The number of rotatable bonds is 6. The third-order valence-corrected chi connectivity index (χ3v) is 5.01. The molecule has 0 spiro atoms. The molecule has 4 aromatic rings. The van der Waals surface area contributed by atoms with Crippen LogP contribution in [0.2, 0.25) is 0 Å². The minimum absolute atomic E-state index is 0.0659. The molecule has 9 heteroatoms. The van der Waals surface area contributed by atoms with Crippen molar-refractivity contribution >= 4 is 10.9 Å². The third-order valence-electron chi connectivity index (χ3n) is 5.01. The Kier molecular flexibility index (Phi) is 4.89. The van der Waals surface area contributed by atoms with Crippen LogP contribution >= 0.6 is 0 Å². The molecule has 1 aliphatic heterocycles. The van der Waals surface area contributed by atoms with Crippen molar-refractivity contribution in [2.24, 2.45) is 0 Å². The van der Waals surface area contributed by atoms with Crippen LogP contribution in [0.15, 0.2) is 48.5 Å². The zero-order valence-electron chi connectivity index (χ0n) is 15.7. The number of tetrazole rings is 1. The number of nitrogens with zero attached hydrogens (tertiary/aromatic N) is 4. The summed E-state index contributed by atoms with van der Waals surface area (Å²) in [6.07, 6.45) is 0.523. The van der Waals surface area contributed by atoms with E-state index >= 15 is 0 Å². The first-order valence-corrected chi connectivity index (χ1v) is 9.63. The first kappa shape index (κ1) is 17.8. The Balaban J connectivity index is 1.51. The van der Waals surface area contributed by atoms with Gasteiger partial charge in [0, 0.05) is 30.5 Å². The SMILES string of the molecule is c1ccc(OC(CC2CNCCO2)c2[nH]nc3ccc(-c4nn[nH]n4)cc23)cc1. The summed E-state index contributed by atoms with van der Waals surface area (Å²) in [5.74, 6) is 1.35. The molecule has 9 nitrogen and oxygen atoms in total. The second-order valence-corrected chi connectivity index (χ2v) is 6.96. The van der Waals surface area contributed by atoms with E-state index in [1.54, 1.807) is 0 Å². The monoisotopic (exact) mass is 391 g/mol. The molecule has 0 bridgehead atoms. The topological polar surface area (TPSA) is 114 Å². The molecule has 2 unspecified atom stereocenters. The standard InChI is InChI=1S/C20H21N7O2/c1-2-4-14(5-3-1)29-18(11-15-12-21-8-9-28-15)19-16-10-13(20-24-26-27-25-20)6-7-17(16)22-23-19/h1-7,10,15,18,21H,8-9,11-12H2,(H,22,23)(H,24,25,26,27). The molecule has 148 valence electrons. The van der Waals surface area contributed by atoms with E-state index in [1.165, 1.54) is 0 Å². The van der Waals surface area contributed by atoms with Gasteiger partial charge in [-0.3, -0.25) is 5.10 Å². The van der Waals surface area contributed by atoms with Gasteiger partial charge in [-0.05, 0) is 35.5 Å². The van der Waals surface area contributed by atoms with Crippen molar-refractivity contribution in [2.75, 3.05) is 19.7 Å². The molecule has 0 saturated carbocycles. The third kappa shape index (κ3) is 3.82. The van der Waals surface area contributed by atoms with Crippen LogP contribution in [-0.4, -0.2) is 56.6 Å². The normalized spacial score (nSPS) is 18.0. The second-order valence-electron chi connectivity index (χ2n) is 6.96. The Labute approximate surface area is 166 Å². The lowest BCUT2D eigenvalue weighted by Crippen LogP contribution is -2.39. The van der Waals surface area contributed by atoms with Crippen molar-refractivity contribution < 1.29 is 9.47 Å². The predicted octanol–water partition coefficient (Wildman–Crippen LogP) is 2.24. The number of morpholine rings is 1. The summed E-state index contributed by atoms with van der Waals surface area (Å²) in [7, 11) is 0. The summed E-state index contributed by atoms with van der Waals surface area (Å²) in [6.45, 7) is 2.38. The predicted molar refractivity (Wildman–Crippen MR) is 106 cm³/mol. The van der Waals surface area contributed by atoms with Crippen LogP contribution in [-0.2, 0) is 4.74 Å². The van der Waals surface area contributed by atoms with Crippen molar-refractivity contribution in [3.63, 3.8) is 0 Å². The van der Waals surface area contributed by atoms with E-state index in [-0.39, 0.29) is 12.2 Å². The van der Waals surface area contributed by atoms with E-state index in [1.807, 2.05) is 48.5 Å². The fourth-order valence-corrected chi connectivity index (χ4v) is 3.60. The number of H-pyrrole nitrogens is 2. The summed E-state index contributed by atoms with van der Waals surface area (Å²) in [4.78, 5) is 0. The van der Waals surface area contributed by atoms with Gasteiger partial charge in [0.2, 0.25) is 5.82 Å². The van der Waals surface area contributed by atoms with E-state index in [9.17, 15) is 0 Å². The number of ether oxygens (including phenoxy) is 2. The van der Waals surface area contributed by atoms with E-state index in [0.717, 1.165) is 41.0 Å². The lowest BCUT2D eigenvalue weighted by Gasteiger charge is -2.27. The maximum absolute atomic E-state index is 6.37. The van der Waals surface area contributed by atoms with Crippen LogP contribution < -0.4 is 10.1 Å². The average Bonchev–Trinajstić information content (AvgIpc) is 3.44. The molecule has 0 radical (unpaired) electrons. The Bertz CT molecular complexity index is 1060. The van der Waals surface area contributed by atoms with Gasteiger partial charge >= 0.3 is 0 Å². The van der Waals surface area contributed by atoms with E-state index < -0.39 is 0 Å². The number of hydrogen-bond donors (Lipinski definition) is 3. The first-order valence-electron chi connectivity index (χ1n) is 9.63. The molecule has 5 rings (SSSR count). The molecule has 2 atom stereocenters. The molecular weight excluding hydrogens is 370 g/mol. The first-order chi connectivity index (χ1) is 14.4. The molecule has 1 fully saturated rings. The van der Waals surface area contributed by atoms with Gasteiger partial charge < -0.3 is 14.8 Å². The Morgan fingerprint density at radius 3 is 2.86 bits per heavy atom. The number of fused-ring (bicyclic) bond motifs is 1. The number of hydrogen-bond acceptors (Lipinski definition) is 7. The molecule has 2 aromatic heterocycles. The van der Waals surface area contributed by atoms with Crippen LogP contribution in [0.3, 0.4) is 0 Å². The molecule has 0 aliphatic carbocycles. The van der Waals surface area contributed by atoms with Crippen LogP contribution in [0, 0.1) is 0 Å². The zero-order chi connectivity index (χ0) is 19.5. The van der Waals surface area contributed by atoms with Gasteiger partial charge in [0.1, 0.15) is 11.9 Å². The zero-order valence-corrected chi connectivity index (χ0v) is 15.7. The molecule has 1 aliphatic rings. The van der Waals surface area contributed by atoms with Crippen molar-refractivity contribution in [1.29, 1.82) is 0 Å². The summed E-state index contributed by atoms with van der Waals surface area (Å²) >= 11 is 0. The fraction of sp³-hybridized carbons (Fsp3) is 0.300. The number of nitrogens with one attached hydrogen (secondary N) is 3. The maximum atomic E-state index is 6.37. The Morgan fingerprint density at radius 1 is 1.14 bits per heavy atom. The molecule has 1 saturated heterocycles. The van der Waals surface area contributed by atoms with Gasteiger partial charge in [-0.2, -0.15) is 10.3 Å². The molecule has 0 amide bonds. The maximum Gasteiger partial charge on any atom is 0.204 e. The highest BCUT2D eigenvalue weighted by Crippen LogP contribution is 2.32. The summed E-state index contributed by atoms with van der Waals surface area (Å²) in [6, 6.07) is 15.7. The van der Waals surface area contributed by atoms with Crippen LogP contribution in [0.25, 0.3) is 22.3 Å². The van der Waals surface area contributed by atoms with Crippen LogP contribution in [0.5, 0.6) is 5.75 Å². The van der Waals surface area contributed by atoms with Gasteiger partial charge in [0.25, 0.3) is 0 Å². The van der Waals surface area contributed by atoms with Crippen LogP contribution in [0.1, 0.15) is 18.2 Å². The van der Waals surface area contributed by atoms with Gasteiger partial charge in [0.15, 0.2) is 0 Å². The Hall–Kier alpha value is -3.30. The number of para-hydroxylation sites is 1. The highest BCUT2D eigenvalue weighted by atomic mass is 16.5. The highest BCUT2D eigenvalue weighted by Gasteiger charge is 2.26. The van der Waals surface area contributed by atoms with Crippen molar-refractivity contribution in [2.45, 2.75) is 18.6 Å². The lowest BCUT2D eigenvalue weighted by atomic mass is 10.0. The van der Waals surface area contributed by atoms with Crippen LogP contribution in [0.4, 0.5) is 0 Å². The molecule has 3 N–H and O–H groups in total. The van der Waals surface area contributed by atoms with Gasteiger partial charge in [-0.15, -0.1) is 10.2 Å². The van der Waals surface area contributed by atoms with Crippen molar-refractivity contribution in [3.8, 4) is 17.1 Å². The lowest BCUT2D eigenvalue weighted by molar-refractivity contribution is -0.000583. The number of aromatic nitrogens is 6. The quantitative estimate of drug-likeness (QED) is 0.462. The average molecular weight is 391 g/mol. The van der Waals surface area contributed by atoms with E-state index in [4.69, 9.17) is 9.47 Å². The largest absolute Gasteiger partial charge is 0.484 e. The van der Waals surface area contributed by atoms with Gasteiger partial charge in [-0.25, -0.2) is 0 Å². The van der Waals surface area contributed by atoms with Crippen molar-refractivity contribution in [3.05, 3.63) is 54.2 Å². The fourth-order valence-electron chi connectivity index (χ4n) is 3.60. The van der Waals surface area contributed by atoms with Gasteiger partial charge in [0.05, 0.1) is 23.9 Å². The minimum atomic E-state index is -0.243. The molecule has 29 heavy (non-hydrogen) atoms. The number of benzene rings is 2. The Morgan fingerprint density at radius 2 is 2.07 bits per heavy atom. The minimum Gasteiger partial charge on any atom is -0.484 e.